The van der Waals surface area contributed by atoms with Crippen LogP contribution in [0.25, 0.3) is 0 Å². The van der Waals surface area contributed by atoms with E-state index in [1.807, 2.05) is 6.92 Å². The summed E-state index contributed by atoms with van der Waals surface area (Å²) in [5.41, 5.74) is 2.39. The molecule has 0 radical (unpaired) electrons. The molecule has 5 nitrogen and oxygen atoms in total. The van der Waals surface area contributed by atoms with Crippen molar-refractivity contribution < 1.29 is 19.1 Å². The monoisotopic (exact) mass is 363 g/mol. The fourth-order valence-electron chi connectivity index (χ4n) is 2.61. The van der Waals surface area contributed by atoms with Crippen LogP contribution in [-0.4, -0.2) is 30.0 Å². The van der Waals surface area contributed by atoms with E-state index >= 15 is 0 Å². The van der Waals surface area contributed by atoms with Crippen LogP contribution < -0.4 is 4.74 Å². The molecule has 0 saturated heterocycles. The van der Waals surface area contributed by atoms with Gasteiger partial charge in [-0.05, 0) is 51.0 Å². The number of ether oxygens (including phenoxy) is 2. The fraction of sp³-hybridized carbons (Fsp3) is 0.368. The van der Waals surface area contributed by atoms with Crippen LogP contribution in [0.1, 0.15) is 57.9 Å². The largest absolute Gasteiger partial charge is 0.492 e. The summed E-state index contributed by atoms with van der Waals surface area (Å²) in [6, 6.07) is 4.95. The Labute approximate surface area is 152 Å². The highest BCUT2D eigenvalue weighted by atomic mass is 35.5. The van der Waals surface area contributed by atoms with Gasteiger partial charge in [0.25, 0.3) is 0 Å². The van der Waals surface area contributed by atoms with Gasteiger partial charge in [-0.25, -0.2) is 4.79 Å². The van der Waals surface area contributed by atoms with Gasteiger partial charge in [0, 0.05) is 16.8 Å². The van der Waals surface area contributed by atoms with E-state index in [-0.39, 0.29) is 12.4 Å². The Morgan fingerprint density at radius 1 is 1.20 bits per heavy atom. The number of hydrogen-bond donors (Lipinski definition) is 1. The lowest BCUT2D eigenvalue weighted by molar-refractivity contribution is 0.0519. The Kier molecular flexibility index (Phi) is 6.26. The molecule has 0 unspecified atom stereocenters. The van der Waals surface area contributed by atoms with Gasteiger partial charge in [-0.15, -0.1) is 0 Å². The quantitative estimate of drug-likeness (QED) is 0.581. The predicted molar refractivity (Wildman–Crippen MR) is 96.9 cm³/mol. The third-order valence-electron chi connectivity index (χ3n) is 3.80. The SMILES string of the molecule is CCCOc1ccc(C(=O)c2c(C)[nH]c(C(=O)OCC)c2C)cc1Cl. The minimum Gasteiger partial charge on any atom is -0.492 e. The third-order valence-corrected chi connectivity index (χ3v) is 4.10. The minimum absolute atomic E-state index is 0.203. The number of ketones is 1. The molecule has 134 valence electrons. The zero-order valence-corrected chi connectivity index (χ0v) is 15.6. The number of benzene rings is 1. The fourth-order valence-corrected chi connectivity index (χ4v) is 2.85. The van der Waals surface area contributed by atoms with E-state index in [0.717, 1.165) is 6.42 Å². The zero-order chi connectivity index (χ0) is 18.6. The Hall–Kier alpha value is -2.27. The lowest BCUT2D eigenvalue weighted by Gasteiger charge is -2.09. The molecule has 1 heterocycles. The van der Waals surface area contributed by atoms with Crippen LogP contribution >= 0.6 is 11.6 Å². The zero-order valence-electron chi connectivity index (χ0n) is 14.9. The highest BCUT2D eigenvalue weighted by Gasteiger charge is 2.24. The smallest absolute Gasteiger partial charge is 0.355 e. The Morgan fingerprint density at radius 3 is 2.52 bits per heavy atom. The van der Waals surface area contributed by atoms with E-state index in [0.29, 0.717) is 45.5 Å². The molecule has 0 aliphatic rings. The molecule has 1 aromatic heterocycles. The molecule has 2 aromatic rings. The molecule has 0 aliphatic carbocycles. The molecule has 0 aliphatic heterocycles. The maximum absolute atomic E-state index is 12.9. The maximum atomic E-state index is 12.9. The van der Waals surface area contributed by atoms with Gasteiger partial charge in [0.2, 0.25) is 0 Å². The van der Waals surface area contributed by atoms with Crippen molar-refractivity contribution in [3.05, 3.63) is 51.3 Å². The first-order chi connectivity index (χ1) is 11.9. The summed E-state index contributed by atoms with van der Waals surface area (Å²) in [6.45, 7) is 8.05. The van der Waals surface area contributed by atoms with E-state index in [1.54, 1.807) is 39.0 Å². The number of aromatic nitrogens is 1. The Morgan fingerprint density at radius 2 is 1.92 bits per heavy atom. The highest BCUT2D eigenvalue weighted by molar-refractivity contribution is 6.32. The Balaban J connectivity index is 2.35. The summed E-state index contributed by atoms with van der Waals surface area (Å²) < 4.78 is 10.5. The number of halogens is 1. The maximum Gasteiger partial charge on any atom is 0.355 e. The predicted octanol–water partition coefficient (Wildman–Crippen LogP) is 4.48. The first-order valence-corrected chi connectivity index (χ1v) is 8.61. The summed E-state index contributed by atoms with van der Waals surface area (Å²) >= 11 is 6.21. The number of aromatic amines is 1. The summed E-state index contributed by atoms with van der Waals surface area (Å²) in [6.07, 6.45) is 0.870. The van der Waals surface area contributed by atoms with Crippen molar-refractivity contribution in [3.8, 4) is 5.75 Å². The molecular weight excluding hydrogens is 342 g/mol. The second kappa shape index (κ2) is 8.21. The van der Waals surface area contributed by atoms with Gasteiger partial charge in [-0.1, -0.05) is 18.5 Å². The van der Waals surface area contributed by atoms with Crippen LogP contribution in [0.2, 0.25) is 5.02 Å². The summed E-state index contributed by atoms with van der Waals surface area (Å²) in [5, 5.41) is 0.385. The Bertz CT molecular complexity index is 795. The van der Waals surface area contributed by atoms with Gasteiger partial charge >= 0.3 is 5.97 Å². The summed E-state index contributed by atoms with van der Waals surface area (Å²) in [4.78, 5) is 27.8. The van der Waals surface area contributed by atoms with Crippen LogP contribution in [0.5, 0.6) is 5.75 Å². The normalized spacial score (nSPS) is 10.6. The second-order valence-corrected chi connectivity index (χ2v) is 6.08. The standard InChI is InChI=1S/C19H22ClNO4/c1-5-9-25-15-8-7-13(10-14(15)20)18(22)16-11(3)17(21-12(16)4)19(23)24-6-2/h7-8,10,21H,5-6,9H2,1-4H3. The van der Waals surface area contributed by atoms with Crippen molar-refractivity contribution in [2.24, 2.45) is 0 Å². The van der Waals surface area contributed by atoms with E-state index in [2.05, 4.69) is 4.98 Å². The molecule has 0 saturated carbocycles. The molecule has 0 atom stereocenters. The van der Waals surface area contributed by atoms with E-state index in [9.17, 15) is 9.59 Å². The number of carbonyl (C=O) groups excluding carboxylic acids is 2. The molecule has 1 aromatic carbocycles. The second-order valence-electron chi connectivity index (χ2n) is 5.67. The van der Waals surface area contributed by atoms with Crippen molar-refractivity contribution in [2.75, 3.05) is 13.2 Å². The number of nitrogens with one attached hydrogen (secondary N) is 1. The van der Waals surface area contributed by atoms with Crippen molar-refractivity contribution in [1.29, 1.82) is 0 Å². The van der Waals surface area contributed by atoms with Crippen molar-refractivity contribution in [3.63, 3.8) is 0 Å². The van der Waals surface area contributed by atoms with Crippen molar-refractivity contribution in [1.82, 2.24) is 4.98 Å². The van der Waals surface area contributed by atoms with Gasteiger partial charge in [0.15, 0.2) is 5.78 Å². The molecule has 1 N–H and O–H groups in total. The number of aryl methyl sites for hydroxylation is 1. The number of esters is 1. The van der Waals surface area contributed by atoms with Gasteiger partial charge in [-0.3, -0.25) is 4.79 Å². The summed E-state index contributed by atoms with van der Waals surface area (Å²) in [7, 11) is 0. The lowest BCUT2D eigenvalue weighted by Crippen LogP contribution is -2.08. The molecule has 0 fully saturated rings. The van der Waals surface area contributed by atoms with Crippen molar-refractivity contribution >= 4 is 23.4 Å². The molecule has 6 heteroatoms. The van der Waals surface area contributed by atoms with E-state index in [4.69, 9.17) is 21.1 Å². The molecular formula is C19H22ClNO4. The topological polar surface area (TPSA) is 68.4 Å². The molecule has 0 bridgehead atoms. The van der Waals surface area contributed by atoms with Crippen LogP contribution in [0.15, 0.2) is 18.2 Å². The molecule has 0 spiro atoms. The number of H-pyrrole nitrogens is 1. The van der Waals surface area contributed by atoms with Crippen LogP contribution in [0, 0.1) is 13.8 Å². The molecule has 25 heavy (non-hydrogen) atoms. The van der Waals surface area contributed by atoms with Gasteiger partial charge in [0.05, 0.1) is 18.2 Å². The average Bonchev–Trinajstić information content (AvgIpc) is 2.88. The third kappa shape index (κ3) is 4.04. The number of hydrogen-bond acceptors (Lipinski definition) is 4. The van der Waals surface area contributed by atoms with Crippen LogP contribution in [0.4, 0.5) is 0 Å². The highest BCUT2D eigenvalue weighted by Crippen LogP contribution is 2.28. The lowest BCUT2D eigenvalue weighted by atomic mass is 9.99. The van der Waals surface area contributed by atoms with Crippen molar-refractivity contribution in [2.45, 2.75) is 34.1 Å². The van der Waals surface area contributed by atoms with Gasteiger partial charge in [-0.2, -0.15) is 0 Å². The first kappa shape index (κ1) is 19.1. The minimum atomic E-state index is -0.469. The van der Waals surface area contributed by atoms with E-state index < -0.39 is 5.97 Å². The van der Waals surface area contributed by atoms with Crippen LogP contribution in [0.3, 0.4) is 0 Å². The average molecular weight is 364 g/mol. The molecule has 0 amide bonds. The van der Waals surface area contributed by atoms with E-state index in [1.165, 1.54) is 0 Å². The molecule has 2 rings (SSSR count). The number of carbonyl (C=O) groups is 2. The first-order valence-electron chi connectivity index (χ1n) is 8.24. The van der Waals surface area contributed by atoms with Gasteiger partial charge < -0.3 is 14.5 Å². The van der Waals surface area contributed by atoms with Gasteiger partial charge in [0.1, 0.15) is 11.4 Å². The summed E-state index contributed by atoms with van der Waals surface area (Å²) in [5.74, 6) is -0.121. The number of rotatable bonds is 7. The van der Waals surface area contributed by atoms with Crippen LogP contribution in [-0.2, 0) is 4.74 Å².